The molecule has 110 valence electrons. The Hall–Kier alpha value is -1.95. The first-order chi connectivity index (χ1) is 10.2. The van der Waals surface area contributed by atoms with Gasteiger partial charge < -0.3 is 5.32 Å². The van der Waals surface area contributed by atoms with E-state index in [9.17, 15) is 4.79 Å². The number of carbonyl (C=O) groups excluding carboxylic acids is 1. The quantitative estimate of drug-likeness (QED) is 0.853. The zero-order valence-electron chi connectivity index (χ0n) is 11.9. The third-order valence-corrected chi connectivity index (χ3v) is 4.50. The van der Waals surface area contributed by atoms with Crippen molar-refractivity contribution in [3.05, 3.63) is 24.3 Å². The molecular weight excluding hydrogens is 284 g/mol. The maximum Gasteiger partial charge on any atom is 0.262 e. The lowest BCUT2D eigenvalue weighted by Crippen LogP contribution is -2.35. The number of rotatable bonds is 4. The molecule has 1 aromatic heterocycles. The molecule has 1 saturated carbocycles. The van der Waals surface area contributed by atoms with Crippen LogP contribution in [0.3, 0.4) is 0 Å². The summed E-state index contributed by atoms with van der Waals surface area (Å²) in [6, 6.07) is 7.57. The Morgan fingerprint density at radius 3 is 2.86 bits per heavy atom. The van der Waals surface area contributed by atoms with Gasteiger partial charge in [0.15, 0.2) is 5.13 Å². The summed E-state index contributed by atoms with van der Waals surface area (Å²) in [6.07, 6.45) is 4.35. The fourth-order valence-corrected chi connectivity index (χ4v) is 3.26. The SMILES string of the molecule is C[C@@H](Nc1nc2ccccc2s1)C(=O)NN=C1CCCC1. The average Bonchev–Trinajstić information content (AvgIpc) is 3.13. The number of anilines is 1. The first-order valence-corrected chi connectivity index (χ1v) is 8.01. The van der Waals surface area contributed by atoms with Gasteiger partial charge in [0.05, 0.1) is 10.2 Å². The van der Waals surface area contributed by atoms with E-state index in [1.165, 1.54) is 12.8 Å². The van der Waals surface area contributed by atoms with Gasteiger partial charge in [0.2, 0.25) is 0 Å². The zero-order chi connectivity index (χ0) is 14.7. The van der Waals surface area contributed by atoms with Crippen molar-refractivity contribution in [1.82, 2.24) is 10.4 Å². The summed E-state index contributed by atoms with van der Waals surface area (Å²) in [7, 11) is 0. The van der Waals surface area contributed by atoms with E-state index < -0.39 is 0 Å². The number of thiazole rings is 1. The first-order valence-electron chi connectivity index (χ1n) is 7.20. The first kappa shape index (κ1) is 14.0. The van der Waals surface area contributed by atoms with Gasteiger partial charge in [0.25, 0.3) is 5.91 Å². The highest BCUT2D eigenvalue weighted by atomic mass is 32.1. The van der Waals surface area contributed by atoms with E-state index in [0.29, 0.717) is 0 Å². The number of hydrogen-bond donors (Lipinski definition) is 2. The van der Waals surface area contributed by atoms with E-state index >= 15 is 0 Å². The Morgan fingerprint density at radius 1 is 1.33 bits per heavy atom. The zero-order valence-corrected chi connectivity index (χ0v) is 12.7. The lowest BCUT2D eigenvalue weighted by atomic mass is 10.3. The topological polar surface area (TPSA) is 66.4 Å². The van der Waals surface area contributed by atoms with Crippen molar-refractivity contribution in [2.75, 3.05) is 5.32 Å². The summed E-state index contributed by atoms with van der Waals surface area (Å²) in [5.74, 6) is -0.131. The van der Waals surface area contributed by atoms with Crippen LogP contribution in [0.1, 0.15) is 32.6 Å². The Kier molecular flexibility index (Phi) is 4.15. The van der Waals surface area contributed by atoms with Crippen molar-refractivity contribution in [2.45, 2.75) is 38.6 Å². The van der Waals surface area contributed by atoms with E-state index in [4.69, 9.17) is 0 Å². The van der Waals surface area contributed by atoms with Crippen LogP contribution in [0.2, 0.25) is 0 Å². The molecule has 1 fully saturated rings. The molecule has 1 aliphatic carbocycles. The second-order valence-electron chi connectivity index (χ2n) is 5.21. The fraction of sp³-hybridized carbons (Fsp3) is 0.400. The van der Waals surface area contributed by atoms with Gasteiger partial charge in [0, 0.05) is 5.71 Å². The molecule has 0 bridgehead atoms. The second kappa shape index (κ2) is 6.22. The highest BCUT2D eigenvalue weighted by Crippen LogP contribution is 2.25. The van der Waals surface area contributed by atoms with Crippen molar-refractivity contribution in [1.29, 1.82) is 0 Å². The minimum absolute atomic E-state index is 0.131. The summed E-state index contributed by atoms with van der Waals surface area (Å²) in [6.45, 7) is 1.82. The molecule has 5 nitrogen and oxygen atoms in total. The fourth-order valence-electron chi connectivity index (χ4n) is 2.31. The number of amides is 1. The molecule has 1 amide bonds. The molecule has 1 aromatic carbocycles. The number of para-hydroxylation sites is 1. The summed E-state index contributed by atoms with van der Waals surface area (Å²) in [5.41, 5.74) is 4.68. The van der Waals surface area contributed by atoms with Gasteiger partial charge in [-0.1, -0.05) is 23.5 Å². The maximum atomic E-state index is 12.0. The van der Waals surface area contributed by atoms with Crippen LogP contribution in [0.25, 0.3) is 10.2 Å². The molecule has 2 aromatic rings. The van der Waals surface area contributed by atoms with Gasteiger partial charge in [-0.2, -0.15) is 5.10 Å². The highest BCUT2D eigenvalue weighted by Gasteiger charge is 2.15. The van der Waals surface area contributed by atoms with Crippen molar-refractivity contribution < 1.29 is 4.79 Å². The van der Waals surface area contributed by atoms with Gasteiger partial charge in [0.1, 0.15) is 6.04 Å². The smallest absolute Gasteiger partial charge is 0.262 e. The third-order valence-electron chi connectivity index (χ3n) is 3.53. The van der Waals surface area contributed by atoms with Gasteiger partial charge in [-0.25, -0.2) is 10.4 Å². The van der Waals surface area contributed by atoms with Gasteiger partial charge in [-0.15, -0.1) is 0 Å². The molecule has 1 heterocycles. The van der Waals surface area contributed by atoms with E-state index in [0.717, 1.165) is 33.9 Å². The van der Waals surface area contributed by atoms with Crippen LogP contribution in [-0.2, 0) is 4.79 Å². The molecule has 0 aliphatic heterocycles. The predicted molar refractivity (Wildman–Crippen MR) is 86.8 cm³/mol. The number of hydrogen-bond acceptors (Lipinski definition) is 5. The van der Waals surface area contributed by atoms with Gasteiger partial charge in [-0.3, -0.25) is 4.79 Å². The van der Waals surface area contributed by atoms with Crippen LogP contribution in [0.4, 0.5) is 5.13 Å². The highest BCUT2D eigenvalue weighted by molar-refractivity contribution is 7.22. The molecule has 1 atom stereocenters. The van der Waals surface area contributed by atoms with E-state index in [1.54, 1.807) is 11.3 Å². The Labute approximate surface area is 127 Å². The number of carbonyl (C=O) groups is 1. The molecule has 1 aliphatic rings. The lowest BCUT2D eigenvalue weighted by molar-refractivity contribution is -0.121. The number of hydrazone groups is 1. The van der Waals surface area contributed by atoms with Crippen molar-refractivity contribution in [2.24, 2.45) is 5.10 Å². The number of fused-ring (bicyclic) bond motifs is 1. The number of nitrogens with zero attached hydrogens (tertiary/aromatic N) is 2. The minimum atomic E-state index is -0.365. The van der Waals surface area contributed by atoms with Gasteiger partial charge in [-0.05, 0) is 44.7 Å². The van der Waals surface area contributed by atoms with E-state index in [-0.39, 0.29) is 11.9 Å². The average molecular weight is 302 g/mol. The summed E-state index contributed by atoms with van der Waals surface area (Å²) >= 11 is 1.55. The van der Waals surface area contributed by atoms with Crippen molar-refractivity contribution in [3.8, 4) is 0 Å². The summed E-state index contributed by atoms with van der Waals surface area (Å²) in [5, 5.41) is 8.08. The molecular formula is C15H18N4OS. The molecule has 0 saturated heterocycles. The number of aromatic nitrogens is 1. The van der Waals surface area contributed by atoms with Crippen LogP contribution in [-0.4, -0.2) is 22.6 Å². The molecule has 6 heteroatoms. The maximum absolute atomic E-state index is 12.0. The minimum Gasteiger partial charge on any atom is -0.350 e. The standard InChI is InChI=1S/C15H18N4OS/c1-10(14(20)19-18-11-6-2-3-7-11)16-15-17-12-8-4-5-9-13(12)21-15/h4-5,8-10H,2-3,6-7H2,1H3,(H,16,17)(H,19,20)/t10-/m1/s1. The Bertz CT molecular complexity index is 638. The lowest BCUT2D eigenvalue weighted by Gasteiger charge is -2.10. The van der Waals surface area contributed by atoms with Crippen LogP contribution in [0, 0.1) is 0 Å². The van der Waals surface area contributed by atoms with Crippen molar-refractivity contribution in [3.63, 3.8) is 0 Å². The van der Waals surface area contributed by atoms with Gasteiger partial charge >= 0.3 is 0 Å². The number of nitrogens with one attached hydrogen (secondary N) is 2. The molecule has 2 N–H and O–H groups in total. The van der Waals surface area contributed by atoms with Crippen molar-refractivity contribution >= 4 is 38.3 Å². The van der Waals surface area contributed by atoms with Crippen LogP contribution in [0.5, 0.6) is 0 Å². The van der Waals surface area contributed by atoms with Crippen LogP contribution >= 0.6 is 11.3 Å². The molecule has 3 rings (SSSR count). The predicted octanol–water partition coefficient (Wildman–Crippen LogP) is 3.14. The molecule has 0 spiro atoms. The third kappa shape index (κ3) is 3.39. The normalized spacial score (nSPS) is 16.0. The Balaban J connectivity index is 1.60. The largest absolute Gasteiger partial charge is 0.350 e. The molecule has 0 radical (unpaired) electrons. The van der Waals surface area contributed by atoms with Crippen LogP contribution < -0.4 is 10.7 Å². The van der Waals surface area contributed by atoms with E-state index in [2.05, 4.69) is 20.8 Å². The summed E-state index contributed by atoms with van der Waals surface area (Å²) < 4.78 is 1.11. The summed E-state index contributed by atoms with van der Waals surface area (Å²) in [4.78, 5) is 16.5. The molecule has 21 heavy (non-hydrogen) atoms. The molecule has 0 unspecified atom stereocenters. The monoisotopic (exact) mass is 302 g/mol. The second-order valence-corrected chi connectivity index (χ2v) is 6.24. The number of benzene rings is 1. The Morgan fingerprint density at radius 2 is 2.10 bits per heavy atom. The van der Waals surface area contributed by atoms with E-state index in [1.807, 2.05) is 31.2 Å². The van der Waals surface area contributed by atoms with Crippen LogP contribution in [0.15, 0.2) is 29.4 Å².